The van der Waals surface area contributed by atoms with Crippen LogP contribution in [0.3, 0.4) is 0 Å². The van der Waals surface area contributed by atoms with Gasteiger partial charge in [0.1, 0.15) is 11.5 Å². The lowest BCUT2D eigenvalue weighted by Gasteiger charge is -2.39. The highest BCUT2D eigenvalue weighted by molar-refractivity contribution is 6.18. The molecule has 1 spiro atoms. The second kappa shape index (κ2) is 8.85. The molecule has 6 heteroatoms. The highest BCUT2D eigenvalue weighted by Crippen LogP contribution is 2.58. The fourth-order valence-corrected chi connectivity index (χ4v) is 7.01. The molecule has 3 aliphatic heterocycles. The quantitative estimate of drug-likeness (QED) is 0.349. The minimum Gasteiger partial charge on any atom is -0.352 e. The van der Waals surface area contributed by atoms with Crippen LogP contribution < -0.4 is 10.2 Å². The first-order valence-corrected chi connectivity index (χ1v) is 13.4. The van der Waals surface area contributed by atoms with Crippen molar-refractivity contribution in [2.45, 2.75) is 31.3 Å². The number of carbonyl (C=O) groups excluding carboxylic acids is 3. The average Bonchev–Trinajstić information content (AvgIpc) is 3.45. The predicted molar refractivity (Wildman–Crippen MR) is 154 cm³/mol. The molecule has 1 fully saturated rings. The highest BCUT2D eigenvalue weighted by atomic mass is 16.2. The van der Waals surface area contributed by atoms with Gasteiger partial charge < -0.3 is 10.2 Å². The summed E-state index contributed by atoms with van der Waals surface area (Å²) in [5.41, 5.74) is 4.98. The molecule has 1 N–H and O–H groups in total. The van der Waals surface area contributed by atoms with Crippen molar-refractivity contribution < 1.29 is 14.4 Å². The van der Waals surface area contributed by atoms with Gasteiger partial charge in [0, 0.05) is 40.5 Å². The molecule has 1 aromatic heterocycles. The zero-order valence-electron chi connectivity index (χ0n) is 22.2. The van der Waals surface area contributed by atoms with Crippen LogP contribution in [-0.4, -0.2) is 34.5 Å². The van der Waals surface area contributed by atoms with Crippen molar-refractivity contribution in [3.8, 4) is 0 Å². The zero-order valence-corrected chi connectivity index (χ0v) is 22.2. The number of allylic oxidation sites excluding steroid dienone is 1. The second-order valence-electron chi connectivity index (χ2n) is 10.8. The molecule has 0 bridgehead atoms. The van der Waals surface area contributed by atoms with Crippen LogP contribution in [-0.2, 0) is 10.2 Å². The van der Waals surface area contributed by atoms with Gasteiger partial charge in [0.05, 0.1) is 12.0 Å². The highest BCUT2D eigenvalue weighted by Gasteiger charge is 2.70. The molecule has 4 atom stereocenters. The minimum atomic E-state index is -1.32. The molecule has 7 rings (SSSR count). The Balaban J connectivity index is 1.57. The van der Waals surface area contributed by atoms with Gasteiger partial charge in [-0.15, -0.1) is 0 Å². The SMILES string of the molecule is CC1=C[C@@H]2N(c3ccc(C)cc31)[C@H](C(=O)c1ccccc1)[C@@H](C(=O)c1ccncc1)[C@@]21C(=O)Nc2ccccc21. The van der Waals surface area contributed by atoms with Gasteiger partial charge in [-0.25, -0.2) is 0 Å². The molecule has 0 radical (unpaired) electrons. The van der Waals surface area contributed by atoms with Gasteiger partial charge in [-0.2, -0.15) is 0 Å². The van der Waals surface area contributed by atoms with Crippen LogP contribution in [0.15, 0.2) is 103 Å². The molecule has 3 aliphatic rings. The number of nitrogens with one attached hydrogen (secondary N) is 1. The van der Waals surface area contributed by atoms with Crippen LogP contribution in [0.2, 0.25) is 0 Å². The third kappa shape index (κ3) is 3.22. The first kappa shape index (κ1) is 24.2. The maximum absolute atomic E-state index is 14.7. The lowest BCUT2D eigenvalue weighted by molar-refractivity contribution is -0.121. The van der Waals surface area contributed by atoms with E-state index in [2.05, 4.69) is 22.4 Å². The third-order valence-electron chi connectivity index (χ3n) is 8.71. The largest absolute Gasteiger partial charge is 0.352 e. The summed E-state index contributed by atoms with van der Waals surface area (Å²) >= 11 is 0. The van der Waals surface area contributed by atoms with Crippen LogP contribution >= 0.6 is 0 Å². The Morgan fingerprint density at radius 1 is 0.850 bits per heavy atom. The number of amides is 1. The normalized spacial score (nSPS) is 24.1. The summed E-state index contributed by atoms with van der Waals surface area (Å²) < 4.78 is 0. The standard InChI is InChI=1S/C34H27N3O3/c1-20-12-13-27-24(18-20)21(2)19-28-34(25-10-6-7-11-26(25)36-33(34)40)29(31(38)23-14-16-35-17-15-23)30(37(27)28)32(39)22-8-4-3-5-9-22/h3-19,28-30H,1-2H3,(H,36,40)/t28-,29-,30-,34-/m0/s1. The van der Waals surface area contributed by atoms with E-state index in [0.29, 0.717) is 16.8 Å². The van der Waals surface area contributed by atoms with Gasteiger partial charge in [-0.3, -0.25) is 19.4 Å². The number of aromatic nitrogens is 1. The molecule has 40 heavy (non-hydrogen) atoms. The summed E-state index contributed by atoms with van der Waals surface area (Å²) in [6.07, 6.45) is 5.22. The van der Waals surface area contributed by atoms with E-state index in [1.165, 1.54) is 0 Å². The summed E-state index contributed by atoms with van der Waals surface area (Å²) in [4.78, 5) is 49.8. The Kier molecular flexibility index (Phi) is 5.36. The van der Waals surface area contributed by atoms with Crippen molar-refractivity contribution in [1.29, 1.82) is 0 Å². The van der Waals surface area contributed by atoms with Crippen LogP contribution in [0, 0.1) is 12.8 Å². The van der Waals surface area contributed by atoms with Gasteiger partial charge in [-0.1, -0.05) is 66.2 Å². The number of benzene rings is 3. The van der Waals surface area contributed by atoms with E-state index in [0.717, 1.165) is 28.0 Å². The van der Waals surface area contributed by atoms with E-state index in [1.807, 2.05) is 73.3 Å². The van der Waals surface area contributed by atoms with Crippen LogP contribution in [0.25, 0.3) is 5.57 Å². The molecular weight excluding hydrogens is 498 g/mol. The van der Waals surface area contributed by atoms with Gasteiger partial charge >= 0.3 is 0 Å². The van der Waals surface area contributed by atoms with Crippen molar-refractivity contribution >= 4 is 34.4 Å². The molecule has 3 aromatic carbocycles. The Morgan fingerprint density at radius 3 is 2.33 bits per heavy atom. The second-order valence-corrected chi connectivity index (χ2v) is 10.8. The van der Waals surface area contributed by atoms with E-state index < -0.39 is 23.4 Å². The average molecular weight is 526 g/mol. The van der Waals surface area contributed by atoms with Gasteiger partial charge in [0.15, 0.2) is 11.6 Å². The number of hydrogen-bond acceptors (Lipinski definition) is 5. The fraction of sp³-hybridized carbons (Fsp3) is 0.176. The zero-order chi connectivity index (χ0) is 27.6. The van der Waals surface area contributed by atoms with Crippen LogP contribution in [0.4, 0.5) is 11.4 Å². The first-order chi connectivity index (χ1) is 19.4. The van der Waals surface area contributed by atoms with Crippen LogP contribution in [0.1, 0.15) is 44.3 Å². The predicted octanol–water partition coefficient (Wildman–Crippen LogP) is 5.64. The maximum atomic E-state index is 14.7. The summed E-state index contributed by atoms with van der Waals surface area (Å²) in [6, 6.07) is 24.6. The molecule has 1 amide bonds. The lowest BCUT2D eigenvalue weighted by Crippen LogP contribution is -2.51. The number of Topliss-reactive ketones (excluding diaryl/α,β-unsaturated/α-hetero) is 2. The Hall–Kier alpha value is -4.84. The molecular formula is C34H27N3O3. The molecule has 4 heterocycles. The topological polar surface area (TPSA) is 79.4 Å². The molecule has 6 nitrogen and oxygen atoms in total. The Morgan fingerprint density at radius 2 is 1.55 bits per heavy atom. The number of ketones is 2. The maximum Gasteiger partial charge on any atom is 0.238 e. The fourth-order valence-electron chi connectivity index (χ4n) is 7.01. The number of hydrogen-bond donors (Lipinski definition) is 1. The van der Waals surface area contributed by atoms with Gasteiger partial charge in [0.25, 0.3) is 0 Å². The first-order valence-electron chi connectivity index (χ1n) is 13.4. The number of nitrogens with zero attached hydrogens (tertiary/aromatic N) is 2. The summed E-state index contributed by atoms with van der Waals surface area (Å²) in [6.45, 7) is 4.07. The summed E-state index contributed by atoms with van der Waals surface area (Å²) in [5, 5.41) is 3.08. The van der Waals surface area contributed by atoms with Crippen molar-refractivity contribution in [2.75, 3.05) is 10.2 Å². The van der Waals surface area contributed by atoms with Crippen molar-refractivity contribution in [1.82, 2.24) is 4.98 Å². The monoisotopic (exact) mass is 525 g/mol. The van der Waals surface area contributed by atoms with Crippen LogP contribution in [0.5, 0.6) is 0 Å². The lowest BCUT2D eigenvalue weighted by atomic mass is 9.64. The van der Waals surface area contributed by atoms with Crippen molar-refractivity contribution in [3.05, 3.63) is 131 Å². The van der Waals surface area contributed by atoms with Crippen molar-refractivity contribution in [3.63, 3.8) is 0 Å². The summed E-state index contributed by atoms with van der Waals surface area (Å²) in [7, 11) is 0. The molecule has 0 unspecified atom stereocenters. The van der Waals surface area contributed by atoms with E-state index in [4.69, 9.17) is 0 Å². The number of rotatable bonds is 4. The third-order valence-corrected chi connectivity index (χ3v) is 8.71. The minimum absolute atomic E-state index is 0.188. The molecule has 196 valence electrons. The summed E-state index contributed by atoms with van der Waals surface area (Å²) in [5.74, 6) is -1.70. The Labute approximate surface area is 232 Å². The molecule has 0 aliphatic carbocycles. The van der Waals surface area contributed by atoms with E-state index in [-0.39, 0.29) is 17.5 Å². The number of para-hydroxylation sites is 1. The number of carbonyl (C=O) groups is 3. The number of anilines is 2. The number of aryl methyl sites for hydroxylation is 1. The molecule has 0 saturated carbocycles. The smallest absolute Gasteiger partial charge is 0.238 e. The molecule has 4 aromatic rings. The Bertz CT molecular complexity index is 1730. The van der Waals surface area contributed by atoms with E-state index >= 15 is 0 Å². The van der Waals surface area contributed by atoms with Crippen molar-refractivity contribution in [2.24, 2.45) is 5.92 Å². The van der Waals surface area contributed by atoms with E-state index in [9.17, 15) is 14.4 Å². The number of fused-ring (bicyclic) bond motifs is 6. The van der Waals surface area contributed by atoms with Gasteiger partial charge in [0.2, 0.25) is 5.91 Å². The molecule has 1 saturated heterocycles. The van der Waals surface area contributed by atoms with E-state index in [1.54, 1.807) is 36.7 Å². The van der Waals surface area contributed by atoms with Gasteiger partial charge in [-0.05, 0) is 55.3 Å². The number of pyridine rings is 1.